The third-order valence-electron chi connectivity index (χ3n) is 4.59. The maximum atomic E-state index is 6.28. The van der Waals surface area contributed by atoms with Gasteiger partial charge in [0.05, 0.1) is 12.7 Å². The molecule has 1 atom stereocenters. The Bertz CT molecular complexity index is 421. The van der Waals surface area contributed by atoms with Crippen LogP contribution < -0.4 is 5.32 Å². The fraction of sp³-hybridized carbons (Fsp3) is 0.667. The van der Waals surface area contributed by atoms with Crippen molar-refractivity contribution in [3.05, 3.63) is 35.4 Å². The number of hydrogen-bond donors (Lipinski definition) is 1. The molecule has 2 nitrogen and oxygen atoms in total. The van der Waals surface area contributed by atoms with Crippen LogP contribution in [0.3, 0.4) is 0 Å². The van der Waals surface area contributed by atoms with Crippen molar-refractivity contribution in [1.29, 1.82) is 0 Å². The summed E-state index contributed by atoms with van der Waals surface area (Å²) in [6.07, 6.45) is 8.39. The summed E-state index contributed by atoms with van der Waals surface area (Å²) in [5.74, 6) is 0.795. The van der Waals surface area contributed by atoms with Gasteiger partial charge in [-0.25, -0.2) is 0 Å². The van der Waals surface area contributed by atoms with E-state index in [1.807, 2.05) is 0 Å². The predicted molar refractivity (Wildman–Crippen MR) is 82.9 cm³/mol. The van der Waals surface area contributed by atoms with E-state index in [4.69, 9.17) is 4.74 Å². The highest BCUT2D eigenvalue weighted by molar-refractivity contribution is 5.24. The number of nitrogens with one attached hydrogen (secondary N) is 1. The van der Waals surface area contributed by atoms with Crippen LogP contribution in [0.2, 0.25) is 0 Å². The molecule has 0 aromatic heterocycles. The van der Waals surface area contributed by atoms with Gasteiger partial charge in [-0.15, -0.1) is 0 Å². The Labute approximate surface area is 122 Å². The van der Waals surface area contributed by atoms with Gasteiger partial charge in [-0.1, -0.05) is 42.7 Å². The second-order valence-corrected chi connectivity index (χ2v) is 6.57. The summed E-state index contributed by atoms with van der Waals surface area (Å²) in [6.45, 7) is 4.05. The lowest BCUT2D eigenvalue weighted by Crippen LogP contribution is -2.26. The first kappa shape index (κ1) is 14.1. The van der Waals surface area contributed by atoms with Gasteiger partial charge >= 0.3 is 0 Å². The molecule has 1 N–H and O–H groups in total. The lowest BCUT2D eigenvalue weighted by molar-refractivity contribution is 0.0292. The quantitative estimate of drug-likeness (QED) is 0.811. The van der Waals surface area contributed by atoms with Crippen LogP contribution in [0.1, 0.15) is 55.8 Å². The molecule has 0 bridgehead atoms. The highest BCUT2D eigenvalue weighted by atomic mass is 16.5. The summed E-state index contributed by atoms with van der Waals surface area (Å²) in [5, 5.41) is 3.63. The molecule has 0 saturated heterocycles. The average molecular weight is 273 g/mol. The van der Waals surface area contributed by atoms with Gasteiger partial charge in [0, 0.05) is 12.6 Å². The molecule has 0 aliphatic heterocycles. The van der Waals surface area contributed by atoms with E-state index < -0.39 is 0 Å². The third-order valence-corrected chi connectivity index (χ3v) is 4.59. The van der Waals surface area contributed by atoms with Crippen LogP contribution in [0.25, 0.3) is 0 Å². The van der Waals surface area contributed by atoms with Crippen molar-refractivity contribution in [2.45, 2.75) is 57.6 Å². The van der Waals surface area contributed by atoms with Gasteiger partial charge in [0.1, 0.15) is 0 Å². The maximum absolute atomic E-state index is 6.28. The van der Waals surface area contributed by atoms with Crippen molar-refractivity contribution in [3.63, 3.8) is 0 Å². The molecule has 0 heterocycles. The van der Waals surface area contributed by atoms with Crippen molar-refractivity contribution in [2.24, 2.45) is 5.92 Å². The van der Waals surface area contributed by atoms with Crippen molar-refractivity contribution in [3.8, 4) is 0 Å². The van der Waals surface area contributed by atoms with E-state index in [1.54, 1.807) is 0 Å². The van der Waals surface area contributed by atoms with Gasteiger partial charge < -0.3 is 10.1 Å². The molecule has 2 heteroatoms. The Morgan fingerprint density at radius 2 is 2.00 bits per heavy atom. The molecule has 1 aromatic rings. The van der Waals surface area contributed by atoms with Crippen LogP contribution in [0.4, 0.5) is 0 Å². The minimum atomic E-state index is 0.219. The zero-order valence-corrected chi connectivity index (χ0v) is 12.6. The molecule has 110 valence electrons. The molecule has 20 heavy (non-hydrogen) atoms. The predicted octanol–water partition coefficient (Wildman–Crippen LogP) is 3.99. The SMILES string of the molecule is Cc1cccc(C(CNC2CC2)OCC2CCCC2)c1. The first-order chi connectivity index (χ1) is 9.81. The molecule has 2 aliphatic carbocycles. The standard InChI is InChI=1S/C18H27NO/c1-14-5-4-8-16(11-14)18(12-19-17-9-10-17)20-13-15-6-2-3-7-15/h4-5,8,11,15,17-19H,2-3,6-7,9-10,12-13H2,1H3. The molecule has 2 fully saturated rings. The van der Waals surface area contributed by atoms with E-state index in [0.29, 0.717) is 0 Å². The first-order valence-corrected chi connectivity index (χ1v) is 8.23. The largest absolute Gasteiger partial charge is 0.372 e. The van der Waals surface area contributed by atoms with E-state index in [0.717, 1.165) is 25.1 Å². The molecule has 1 aromatic carbocycles. The van der Waals surface area contributed by atoms with Crippen LogP contribution in [0.15, 0.2) is 24.3 Å². The monoisotopic (exact) mass is 273 g/mol. The molecule has 0 radical (unpaired) electrons. The minimum Gasteiger partial charge on any atom is -0.372 e. The van der Waals surface area contributed by atoms with Crippen molar-refractivity contribution in [2.75, 3.05) is 13.2 Å². The Morgan fingerprint density at radius 1 is 1.20 bits per heavy atom. The van der Waals surface area contributed by atoms with Gasteiger partial charge in [0.2, 0.25) is 0 Å². The van der Waals surface area contributed by atoms with Gasteiger partial charge in [0.25, 0.3) is 0 Å². The number of ether oxygens (including phenoxy) is 1. The Morgan fingerprint density at radius 3 is 2.70 bits per heavy atom. The molecule has 2 saturated carbocycles. The number of rotatable bonds is 7. The van der Waals surface area contributed by atoms with E-state index >= 15 is 0 Å². The first-order valence-electron chi connectivity index (χ1n) is 8.23. The summed E-state index contributed by atoms with van der Waals surface area (Å²) in [5.41, 5.74) is 2.65. The maximum Gasteiger partial charge on any atom is 0.0949 e. The third kappa shape index (κ3) is 4.07. The van der Waals surface area contributed by atoms with E-state index in [9.17, 15) is 0 Å². The molecule has 3 rings (SSSR count). The summed E-state index contributed by atoms with van der Waals surface area (Å²) >= 11 is 0. The minimum absolute atomic E-state index is 0.219. The summed E-state index contributed by atoms with van der Waals surface area (Å²) in [4.78, 5) is 0. The van der Waals surface area contributed by atoms with Crippen LogP contribution in [-0.2, 0) is 4.74 Å². The van der Waals surface area contributed by atoms with Crippen LogP contribution in [-0.4, -0.2) is 19.2 Å². The average Bonchev–Trinajstić information content (AvgIpc) is 3.13. The van der Waals surface area contributed by atoms with Crippen LogP contribution >= 0.6 is 0 Å². The zero-order valence-electron chi connectivity index (χ0n) is 12.6. The van der Waals surface area contributed by atoms with Gasteiger partial charge in [-0.05, 0) is 44.1 Å². The van der Waals surface area contributed by atoms with Gasteiger partial charge in [0.15, 0.2) is 0 Å². The topological polar surface area (TPSA) is 21.3 Å². The van der Waals surface area contributed by atoms with Crippen molar-refractivity contribution < 1.29 is 4.74 Å². The van der Waals surface area contributed by atoms with Gasteiger partial charge in [-0.3, -0.25) is 0 Å². The van der Waals surface area contributed by atoms with Crippen LogP contribution in [0, 0.1) is 12.8 Å². The van der Waals surface area contributed by atoms with Crippen LogP contribution in [0.5, 0.6) is 0 Å². The highest BCUT2D eigenvalue weighted by Gasteiger charge is 2.24. The van der Waals surface area contributed by atoms with E-state index in [-0.39, 0.29) is 6.10 Å². The lowest BCUT2D eigenvalue weighted by atomic mass is 10.1. The second-order valence-electron chi connectivity index (χ2n) is 6.57. The molecular formula is C18H27NO. The molecule has 0 spiro atoms. The summed E-state index contributed by atoms with van der Waals surface area (Å²) in [6, 6.07) is 9.53. The zero-order chi connectivity index (χ0) is 13.8. The molecule has 2 aliphatic rings. The Kier molecular flexibility index (Phi) is 4.74. The molecule has 1 unspecified atom stereocenters. The molecule has 0 amide bonds. The van der Waals surface area contributed by atoms with E-state index in [1.165, 1.54) is 49.7 Å². The second kappa shape index (κ2) is 6.73. The number of hydrogen-bond acceptors (Lipinski definition) is 2. The molecular weight excluding hydrogens is 246 g/mol. The fourth-order valence-electron chi connectivity index (χ4n) is 3.13. The smallest absolute Gasteiger partial charge is 0.0949 e. The number of aryl methyl sites for hydroxylation is 1. The Balaban J connectivity index is 1.59. The fourth-order valence-corrected chi connectivity index (χ4v) is 3.13. The summed E-state index contributed by atoms with van der Waals surface area (Å²) < 4.78 is 6.28. The van der Waals surface area contributed by atoms with Crippen molar-refractivity contribution in [1.82, 2.24) is 5.32 Å². The lowest BCUT2D eigenvalue weighted by Gasteiger charge is -2.21. The highest BCUT2D eigenvalue weighted by Crippen LogP contribution is 2.28. The van der Waals surface area contributed by atoms with Crippen molar-refractivity contribution >= 4 is 0 Å². The Hall–Kier alpha value is -0.860. The normalized spacial score (nSPS) is 21.2. The number of benzene rings is 1. The summed E-state index contributed by atoms with van der Waals surface area (Å²) in [7, 11) is 0. The van der Waals surface area contributed by atoms with Gasteiger partial charge in [-0.2, -0.15) is 0 Å². The van der Waals surface area contributed by atoms with E-state index in [2.05, 4.69) is 36.5 Å².